The van der Waals surface area contributed by atoms with Gasteiger partial charge in [-0.2, -0.15) is 0 Å². The van der Waals surface area contributed by atoms with Gasteiger partial charge in [0.25, 0.3) is 11.8 Å². The molecule has 0 radical (unpaired) electrons. The van der Waals surface area contributed by atoms with Crippen LogP contribution in [0.5, 0.6) is 5.75 Å². The molecule has 2 heterocycles. The first-order chi connectivity index (χ1) is 20.9. The van der Waals surface area contributed by atoms with Crippen LogP contribution in [-0.4, -0.2) is 79.4 Å². The van der Waals surface area contributed by atoms with E-state index in [1.54, 1.807) is 9.80 Å². The Bertz CT molecular complexity index is 1280. The lowest BCUT2D eigenvalue weighted by Gasteiger charge is -2.35. The Morgan fingerprint density at radius 1 is 0.907 bits per heavy atom. The van der Waals surface area contributed by atoms with Crippen molar-refractivity contribution in [3.8, 4) is 5.75 Å². The zero-order valence-electron chi connectivity index (χ0n) is 24.9. The van der Waals surface area contributed by atoms with Crippen molar-refractivity contribution in [3.63, 3.8) is 0 Å². The summed E-state index contributed by atoms with van der Waals surface area (Å²) in [6.45, 7) is 3.76. The Balaban J connectivity index is 1.21. The molecule has 1 atom stereocenters. The number of nitrogens with one attached hydrogen (secondary N) is 2. The molecule has 5 rings (SSSR count). The fourth-order valence-corrected chi connectivity index (χ4v) is 6.35. The standard InChI is InChI=1S/C33H44FN5O4/c34-26-18-25(19-27(21-26)37-31(40)8-4-5-12-35)33(42)39-16-14-38(15-17-39)32(41)24-9-10-30(43-28-11-13-36-22-28)29(20-24)23-6-2-1-3-7-23/h9-10,18-21,23,28,36H,1-8,11-17,22,35H2,(H,37,40)/t28-/m0/s1. The van der Waals surface area contributed by atoms with E-state index in [9.17, 15) is 18.8 Å². The van der Waals surface area contributed by atoms with E-state index in [-0.39, 0.29) is 41.5 Å². The van der Waals surface area contributed by atoms with E-state index < -0.39 is 5.82 Å². The summed E-state index contributed by atoms with van der Waals surface area (Å²) < 4.78 is 20.8. The smallest absolute Gasteiger partial charge is 0.254 e. The fourth-order valence-electron chi connectivity index (χ4n) is 6.35. The molecule has 10 heteroatoms. The predicted molar refractivity (Wildman–Crippen MR) is 164 cm³/mol. The lowest BCUT2D eigenvalue weighted by molar-refractivity contribution is -0.116. The van der Waals surface area contributed by atoms with E-state index in [1.165, 1.54) is 37.5 Å². The third-order valence-electron chi connectivity index (χ3n) is 8.75. The van der Waals surface area contributed by atoms with Crippen LogP contribution < -0.4 is 21.1 Å². The highest BCUT2D eigenvalue weighted by Crippen LogP contribution is 2.39. The largest absolute Gasteiger partial charge is 0.489 e. The van der Waals surface area contributed by atoms with Crippen molar-refractivity contribution in [3.05, 3.63) is 58.9 Å². The molecule has 2 aromatic rings. The summed E-state index contributed by atoms with van der Waals surface area (Å²) in [6, 6.07) is 9.75. The Morgan fingerprint density at radius 3 is 2.30 bits per heavy atom. The van der Waals surface area contributed by atoms with Gasteiger partial charge in [-0.05, 0) is 93.1 Å². The zero-order chi connectivity index (χ0) is 30.2. The molecule has 0 spiro atoms. The first kappa shape index (κ1) is 30.9. The highest BCUT2D eigenvalue weighted by Gasteiger charge is 2.28. The van der Waals surface area contributed by atoms with Gasteiger partial charge in [-0.1, -0.05) is 19.3 Å². The number of piperazine rings is 1. The minimum atomic E-state index is -0.595. The number of nitrogens with zero attached hydrogens (tertiary/aromatic N) is 2. The molecule has 232 valence electrons. The first-order valence-electron chi connectivity index (χ1n) is 15.8. The van der Waals surface area contributed by atoms with E-state index in [0.29, 0.717) is 50.6 Å². The number of anilines is 1. The van der Waals surface area contributed by atoms with Gasteiger partial charge in [-0.15, -0.1) is 0 Å². The molecule has 2 saturated heterocycles. The molecular weight excluding hydrogens is 549 g/mol. The number of benzene rings is 2. The van der Waals surface area contributed by atoms with Crippen LogP contribution in [0.3, 0.4) is 0 Å². The fraction of sp³-hybridized carbons (Fsp3) is 0.545. The van der Waals surface area contributed by atoms with Crippen LogP contribution in [0.15, 0.2) is 36.4 Å². The van der Waals surface area contributed by atoms with E-state index in [0.717, 1.165) is 50.1 Å². The molecular formula is C33H44FN5O4. The van der Waals surface area contributed by atoms with Gasteiger partial charge in [-0.3, -0.25) is 14.4 Å². The van der Waals surface area contributed by atoms with Crippen molar-refractivity contribution in [2.75, 3.05) is 51.1 Å². The molecule has 3 fully saturated rings. The number of hydrogen-bond donors (Lipinski definition) is 3. The molecule has 3 aliphatic rings. The number of ether oxygens (including phenoxy) is 1. The molecule has 0 aromatic heterocycles. The summed E-state index contributed by atoms with van der Waals surface area (Å²) in [5, 5.41) is 6.03. The number of amides is 3. The maximum absolute atomic E-state index is 14.4. The van der Waals surface area contributed by atoms with Crippen molar-refractivity contribution in [2.45, 2.75) is 69.8 Å². The highest BCUT2D eigenvalue weighted by molar-refractivity contribution is 5.98. The summed E-state index contributed by atoms with van der Waals surface area (Å²) in [5.41, 5.74) is 7.68. The summed E-state index contributed by atoms with van der Waals surface area (Å²) in [6.07, 6.45) is 8.64. The number of carbonyl (C=O) groups is 3. The van der Waals surface area contributed by atoms with Gasteiger partial charge >= 0.3 is 0 Å². The number of halogens is 1. The number of rotatable bonds is 10. The second-order valence-corrected chi connectivity index (χ2v) is 11.9. The number of unbranched alkanes of at least 4 members (excludes halogenated alkanes) is 1. The van der Waals surface area contributed by atoms with Gasteiger partial charge < -0.3 is 30.9 Å². The third-order valence-corrected chi connectivity index (χ3v) is 8.75. The number of nitrogens with two attached hydrogens (primary N) is 1. The van der Waals surface area contributed by atoms with Crippen molar-refractivity contribution in [1.29, 1.82) is 0 Å². The van der Waals surface area contributed by atoms with Crippen LogP contribution in [0.2, 0.25) is 0 Å². The maximum Gasteiger partial charge on any atom is 0.254 e. The van der Waals surface area contributed by atoms with Gasteiger partial charge in [0.05, 0.1) is 0 Å². The summed E-state index contributed by atoms with van der Waals surface area (Å²) in [5.74, 6) is 0.0750. The summed E-state index contributed by atoms with van der Waals surface area (Å²) in [7, 11) is 0. The van der Waals surface area contributed by atoms with Gasteiger partial charge in [0.2, 0.25) is 5.91 Å². The lowest BCUT2D eigenvalue weighted by Crippen LogP contribution is -2.50. The molecule has 2 aliphatic heterocycles. The number of carbonyl (C=O) groups excluding carboxylic acids is 3. The number of hydrogen-bond acceptors (Lipinski definition) is 6. The first-order valence-corrected chi connectivity index (χ1v) is 15.8. The van der Waals surface area contributed by atoms with Crippen molar-refractivity contribution >= 4 is 23.4 Å². The summed E-state index contributed by atoms with van der Waals surface area (Å²) in [4.78, 5) is 42.5. The second kappa shape index (κ2) is 14.8. The zero-order valence-corrected chi connectivity index (χ0v) is 24.9. The Kier molecular flexibility index (Phi) is 10.6. The average Bonchev–Trinajstić information content (AvgIpc) is 3.54. The molecule has 1 aliphatic carbocycles. The Hall–Kier alpha value is -3.50. The van der Waals surface area contributed by atoms with Gasteiger partial charge in [0.15, 0.2) is 0 Å². The summed E-state index contributed by atoms with van der Waals surface area (Å²) >= 11 is 0. The van der Waals surface area contributed by atoms with E-state index in [1.807, 2.05) is 18.2 Å². The predicted octanol–water partition coefficient (Wildman–Crippen LogP) is 4.28. The minimum absolute atomic E-state index is 0.0522. The molecule has 4 N–H and O–H groups in total. The van der Waals surface area contributed by atoms with E-state index in [2.05, 4.69) is 10.6 Å². The normalized spacial score (nSPS) is 19.3. The SMILES string of the molecule is NCCCCC(=O)Nc1cc(F)cc(C(=O)N2CCN(C(=O)c3ccc(O[C@H]4CCNC4)c(C4CCCCC4)c3)CC2)c1. The van der Waals surface area contributed by atoms with Gasteiger partial charge in [-0.25, -0.2) is 4.39 Å². The molecule has 43 heavy (non-hydrogen) atoms. The van der Waals surface area contributed by atoms with Crippen LogP contribution in [0.1, 0.15) is 90.0 Å². The molecule has 2 aromatic carbocycles. The van der Waals surface area contributed by atoms with Crippen LogP contribution in [-0.2, 0) is 4.79 Å². The topological polar surface area (TPSA) is 117 Å². The Labute approximate surface area is 253 Å². The Morgan fingerprint density at radius 2 is 1.63 bits per heavy atom. The quantitative estimate of drug-likeness (QED) is 0.354. The van der Waals surface area contributed by atoms with E-state index >= 15 is 0 Å². The van der Waals surface area contributed by atoms with Crippen molar-refractivity contribution in [2.24, 2.45) is 5.73 Å². The lowest BCUT2D eigenvalue weighted by atomic mass is 9.83. The second-order valence-electron chi connectivity index (χ2n) is 11.9. The highest BCUT2D eigenvalue weighted by atomic mass is 19.1. The van der Waals surface area contributed by atoms with Crippen LogP contribution in [0.25, 0.3) is 0 Å². The van der Waals surface area contributed by atoms with Crippen LogP contribution in [0.4, 0.5) is 10.1 Å². The van der Waals surface area contributed by atoms with Gasteiger partial charge in [0.1, 0.15) is 17.7 Å². The molecule has 0 unspecified atom stereocenters. The molecule has 3 amide bonds. The monoisotopic (exact) mass is 593 g/mol. The van der Waals surface area contributed by atoms with Crippen molar-refractivity contribution < 1.29 is 23.5 Å². The molecule has 1 saturated carbocycles. The maximum atomic E-state index is 14.4. The van der Waals surface area contributed by atoms with Gasteiger partial charge in [0, 0.05) is 56.0 Å². The van der Waals surface area contributed by atoms with Crippen LogP contribution >= 0.6 is 0 Å². The molecule has 9 nitrogen and oxygen atoms in total. The average molecular weight is 594 g/mol. The van der Waals surface area contributed by atoms with E-state index in [4.69, 9.17) is 10.5 Å². The third kappa shape index (κ3) is 8.12. The van der Waals surface area contributed by atoms with Crippen LogP contribution in [0, 0.1) is 5.82 Å². The van der Waals surface area contributed by atoms with Crippen molar-refractivity contribution in [1.82, 2.24) is 15.1 Å². The minimum Gasteiger partial charge on any atom is -0.489 e. The molecule has 0 bridgehead atoms.